The molecule has 126 valence electrons. The minimum atomic E-state index is -0.567. The van der Waals surface area contributed by atoms with Crippen LogP contribution in [0.3, 0.4) is 0 Å². The van der Waals surface area contributed by atoms with E-state index in [9.17, 15) is 4.79 Å². The third-order valence-electron chi connectivity index (χ3n) is 3.64. The number of halogens is 1. The van der Waals surface area contributed by atoms with E-state index in [-0.39, 0.29) is 0 Å². The quantitative estimate of drug-likeness (QED) is 0.370. The molecule has 3 N–H and O–H groups in total. The van der Waals surface area contributed by atoms with Gasteiger partial charge in [-0.25, -0.2) is 10.5 Å². The number of hydrogen-bond acceptors (Lipinski definition) is 3. The Balaban J connectivity index is 1.73. The monoisotopic (exact) mass is 353 g/mol. The van der Waals surface area contributed by atoms with E-state index < -0.39 is 5.91 Å². The zero-order chi connectivity index (χ0) is 17.6. The van der Waals surface area contributed by atoms with E-state index in [1.807, 2.05) is 54.6 Å². The molecule has 3 rings (SSSR count). The molecule has 6 heteroatoms. The topological polar surface area (TPSA) is 78.0 Å². The Morgan fingerprint density at radius 3 is 2.56 bits per heavy atom. The van der Waals surface area contributed by atoms with Crippen LogP contribution >= 0.6 is 11.6 Å². The predicted octanol–water partition coefficient (Wildman–Crippen LogP) is 3.84. The number of amides is 1. The number of aromatic nitrogens is 2. The Morgan fingerprint density at radius 2 is 1.88 bits per heavy atom. The molecule has 0 unspecified atom stereocenters. The van der Waals surface area contributed by atoms with Gasteiger partial charge in [0, 0.05) is 18.1 Å². The van der Waals surface area contributed by atoms with E-state index in [4.69, 9.17) is 16.8 Å². The third-order valence-corrected chi connectivity index (χ3v) is 3.92. The Hall–Kier alpha value is -2.89. The maximum atomic E-state index is 11.0. The highest BCUT2D eigenvalue weighted by atomic mass is 35.5. The van der Waals surface area contributed by atoms with Crippen molar-refractivity contribution in [1.29, 1.82) is 0 Å². The average Bonchev–Trinajstić information content (AvgIpc) is 3.01. The summed E-state index contributed by atoms with van der Waals surface area (Å²) in [5, 5.41) is 8.98. The Bertz CT molecular complexity index is 887. The van der Waals surface area contributed by atoms with Crippen LogP contribution in [0.15, 0.2) is 60.7 Å². The highest BCUT2D eigenvalue weighted by Gasteiger charge is 2.10. The number of imidazole rings is 1. The van der Waals surface area contributed by atoms with Crippen molar-refractivity contribution < 1.29 is 10.0 Å². The number of hydrogen-bond donors (Lipinski definition) is 3. The molecule has 0 fully saturated rings. The van der Waals surface area contributed by atoms with Gasteiger partial charge in [-0.3, -0.25) is 10.0 Å². The summed E-state index contributed by atoms with van der Waals surface area (Å²) in [6.07, 6.45) is 3.49. The number of hydroxylamine groups is 1. The molecular weight excluding hydrogens is 338 g/mol. The van der Waals surface area contributed by atoms with Crippen molar-refractivity contribution in [3.05, 3.63) is 82.8 Å². The first kappa shape index (κ1) is 17.0. The molecular formula is C19H16ClN3O2. The van der Waals surface area contributed by atoms with E-state index in [1.165, 1.54) is 6.08 Å². The highest BCUT2D eigenvalue weighted by molar-refractivity contribution is 6.31. The molecule has 1 aromatic heterocycles. The Labute approximate surface area is 150 Å². The SMILES string of the molecule is O=C(C=Cc1ccc(Cc2nc(-c3ccccc3)c(Cl)[nH]2)cc1)NO. The van der Waals surface area contributed by atoms with Crippen molar-refractivity contribution in [1.82, 2.24) is 15.4 Å². The van der Waals surface area contributed by atoms with E-state index in [1.54, 1.807) is 11.6 Å². The smallest absolute Gasteiger partial charge is 0.267 e. The van der Waals surface area contributed by atoms with E-state index in [2.05, 4.69) is 9.97 Å². The van der Waals surface area contributed by atoms with Crippen LogP contribution in [-0.2, 0) is 11.2 Å². The summed E-state index contributed by atoms with van der Waals surface area (Å²) in [4.78, 5) is 18.7. The molecule has 1 heterocycles. The maximum Gasteiger partial charge on any atom is 0.267 e. The van der Waals surface area contributed by atoms with Crippen LogP contribution in [0.5, 0.6) is 0 Å². The van der Waals surface area contributed by atoms with Crippen molar-refractivity contribution in [2.24, 2.45) is 0 Å². The van der Waals surface area contributed by atoms with Crippen molar-refractivity contribution >= 4 is 23.6 Å². The highest BCUT2D eigenvalue weighted by Crippen LogP contribution is 2.26. The number of rotatable bonds is 5. The van der Waals surface area contributed by atoms with Gasteiger partial charge in [0.25, 0.3) is 5.91 Å². The number of benzene rings is 2. The molecule has 0 radical (unpaired) electrons. The molecule has 3 aromatic rings. The maximum absolute atomic E-state index is 11.0. The molecule has 0 aliphatic heterocycles. The summed E-state index contributed by atoms with van der Waals surface area (Å²) in [6.45, 7) is 0. The summed E-state index contributed by atoms with van der Waals surface area (Å²) in [6, 6.07) is 17.5. The summed E-state index contributed by atoms with van der Waals surface area (Å²) in [5.41, 5.74) is 5.18. The molecule has 5 nitrogen and oxygen atoms in total. The molecule has 25 heavy (non-hydrogen) atoms. The van der Waals surface area contributed by atoms with Crippen molar-refractivity contribution in [2.45, 2.75) is 6.42 Å². The Kier molecular flexibility index (Phi) is 5.28. The Morgan fingerprint density at radius 1 is 1.16 bits per heavy atom. The average molecular weight is 354 g/mol. The van der Waals surface area contributed by atoms with Gasteiger partial charge in [0.1, 0.15) is 16.7 Å². The van der Waals surface area contributed by atoms with Gasteiger partial charge in [-0.15, -0.1) is 0 Å². The predicted molar refractivity (Wildman–Crippen MR) is 97.2 cm³/mol. The van der Waals surface area contributed by atoms with E-state index >= 15 is 0 Å². The number of H-pyrrole nitrogens is 1. The molecule has 2 aromatic carbocycles. The molecule has 0 atom stereocenters. The van der Waals surface area contributed by atoms with Gasteiger partial charge in [0.15, 0.2) is 0 Å². The van der Waals surface area contributed by atoms with Crippen LogP contribution in [0.25, 0.3) is 17.3 Å². The van der Waals surface area contributed by atoms with Gasteiger partial charge < -0.3 is 4.98 Å². The lowest BCUT2D eigenvalue weighted by Gasteiger charge is -2.00. The van der Waals surface area contributed by atoms with Gasteiger partial charge in [-0.2, -0.15) is 0 Å². The molecule has 0 saturated carbocycles. The van der Waals surface area contributed by atoms with Crippen LogP contribution in [-0.4, -0.2) is 21.1 Å². The first-order valence-corrected chi connectivity index (χ1v) is 8.04. The van der Waals surface area contributed by atoms with Crippen molar-refractivity contribution in [3.63, 3.8) is 0 Å². The molecule has 0 aliphatic rings. The van der Waals surface area contributed by atoms with Gasteiger partial charge >= 0.3 is 0 Å². The van der Waals surface area contributed by atoms with Crippen molar-refractivity contribution in [3.8, 4) is 11.3 Å². The molecule has 1 amide bonds. The summed E-state index contributed by atoms with van der Waals surface area (Å²) in [7, 11) is 0. The fraction of sp³-hybridized carbons (Fsp3) is 0.0526. The van der Waals surface area contributed by atoms with Crippen molar-refractivity contribution in [2.75, 3.05) is 0 Å². The zero-order valence-corrected chi connectivity index (χ0v) is 14.0. The second-order valence-electron chi connectivity index (χ2n) is 5.44. The van der Waals surface area contributed by atoms with Crippen LogP contribution in [0.1, 0.15) is 17.0 Å². The van der Waals surface area contributed by atoms with Gasteiger partial charge in [0.05, 0.1) is 0 Å². The summed E-state index contributed by atoms with van der Waals surface area (Å²) < 4.78 is 0. The lowest BCUT2D eigenvalue weighted by atomic mass is 10.1. The molecule has 0 bridgehead atoms. The first-order chi connectivity index (χ1) is 12.2. The summed E-state index contributed by atoms with van der Waals surface area (Å²) in [5.74, 6) is 0.217. The van der Waals surface area contributed by atoms with Gasteiger partial charge in [0.2, 0.25) is 0 Å². The molecule has 0 aliphatic carbocycles. The lowest BCUT2D eigenvalue weighted by molar-refractivity contribution is -0.124. The largest absolute Gasteiger partial charge is 0.332 e. The fourth-order valence-corrected chi connectivity index (χ4v) is 2.68. The zero-order valence-electron chi connectivity index (χ0n) is 13.2. The molecule has 0 spiro atoms. The van der Waals surface area contributed by atoms with Gasteiger partial charge in [-0.05, 0) is 17.2 Å². The number of aromatic amines is 1. The lowest BCUT2D eigenvalue weighted by Crippen LogP contribution is -2.14. The second-order valence-corrected chi connectivity index (χ2v) is 5.82. The van der Waals surface area contributed by atoms with Gasteiger partial charge in [-0.1, -0.05) is 66.2 Å². The second kappa shape index (κ2) is 7.79. The number of nitrogens with zero attached hydrogens (tertiary/aromatic N) is 1. The van der Waals surface area contributed by atoms with E-state index in [0.717, 1.165) is 28.2 Å². The fourth-order valence-electron chi connectivity index (χ4n) is 2.42. The molecule has 0 saturated heterocycles. The minimum absolute atomic E-state index is 0.524. The summed E-state index contributed by atoms with van der Waals surface area (Å²) >= 11 is 6.27. The van der Waals surface area contributed by atoms with Crippen LogP contribution in [0.2, 0.25) is 5.15 Å². The standard InChI is InChI=1S/C19H16ClN3O2/c20-19-18(15-4-2-1-3-5-15)21-16(22-19)12-14-8-6-13(7-9-14)10-11-17(24)23-25/h1-11,25H,12H2,(H,21,22)(H,23,24). The number of carbonyl (C=O) groups excluding carboxylic acids is 1. The van der Waals surface area contributed by atoms with Crippen LogP contribution < -0.4 is 5.48 Å². The third kappa shape index (κ3) is 4.35. The minimum Gasteiger partial charge on any atom is -0.332 e. The van der Waals surface area contributed by atoms with Crippen LogP contribution in [0, 0.1) is 0 Å². The number of carbonyl (C=O) groups is 1. The normalized spacial score (nSPS) is 11.0. The number of nitrogens with one attached hydrogen (secondary N) is 2. The first-order valence-electron chi connectivity index (χ1n) is 7.66. The van der Waals surface area contributed by atoms with Crippen LogP contribution in [0.4, 0.5) is 0 Å². The van der Waals surface area contributed by atoms with E-state index in [0.29, 0.717) is 11.6 Å².